The lowest BCUT2D eigenvalue weighted by Gasteiger charge is -2.27. The summed E-state index contributed by atoms with van der Waals surface area (Å²) in [5.74, 6) is -0.542. The van der Waals surface area contributed by atoms with Crippen molar-refractivity contribution in [3.63, 3.8) is 0 Å². The van der Waals surface area contributed by atoms with E-state index in [2.05, 4.69) is 5.32 Å². The molecule has 6 heteroatoms. The van der Waals surface area contributed by atoms with Gasteiger partial charge in [0.1, 0.15) is 5.82 Å². The smallest absolute Gasteiger partial charge is 0.261 e. The Morgan fingerprint density at radius 1 is 1.14 bits per heavy atom. The number of fused-ring (bicyclic) bond motifs is 1. The Morgan fingerprint density at radius 2 is 1.90 bits per heavy atom. The minimum Gasteiger partial charge on any atom is -0.347 e. The van der Waals surface area contributed by atoms with Crippen LogP contribution in [-0.4, -0.2) is 23.3 Å². The van der Waals surface area contributed by atoms with E-state index in [1.165, 1.54) is 17.4 Å². The highest BCUT2D eigenvalue weighted by atomic mass is 32.1. The molecule has 0 bridgehead atoms. The van der Waals surface area contributed by atoms with Crippen LogP contribution >= 0.6 is 11.3 Å². The van der Waals surface area contributed by atoms with Crippen molar-refractivity contribution in [3.05, 3.63) is 92.4 Å². The summed E-state index contributed by atoms with van der Waals surface area (Å²) in [5.41, 5.74) is 3.26. The van der Waals surface area contributed by atoms with Crippen LogP contribution in [0.1, 0.15) is 41.6 Å². The molecular formula is C23H21FN2O2S. The first-order valence-corrected chi connectivity index (χ1v) is 10.3. The molecule has 4 rings (SSSR count). The molecule has 0 saturated carbocycles. The summed E-state index contributed by atoms with van der Waals surface area (Å²) in [6, 6.07) is 15.8. The molecule has 1 aliphatic heterocycles. The number of rotatable bonds is 4. The highest BCUT2D eigenvalue weighted by Gasteiger charge is 2.25. The molecule has 148 valence electrons. The molecule has 1 aliphatic rings. The molecule has 2 aromatic carbocycles. The number of nitrogens with zero attached hydrogens (tertiary/aromatic N) is 1. The summed E-state index contributed by atoms with van der Waals surface area (Å²) in [4.78, 5) is 28.8. The largest absolute Gasteiger partial charge is 0.347 e. The molecule has 0 unspecified atom stereocenters. The monoisotopic (exact) mass is 408 g/mol. The number of carbonyl (C=O) groups is 2. The minimum absolute atomic E-state index is 0.00686. The standard InChI is InChI=1S/C23H21FN2O2S/c1-15-6-8-16(9-7-15)23(28)26-11-10-20-18(14-26)12-21(29-20)22(27)25-13-17-4-2-3-5-19(17)24/h2-9,12H,10-11,13-14H2,1H3,(H,25,27). The number of hydrogen-bond acceptors (Lipinski definition) is 3. The molecular weight excluding hydrogens is 387 g/mol. The third-order valence-corrected chi connectivity index (χ3v) is 6.31. The Hall–Kier alpha value is -2.99. The Morgan fingerprint density at radius 3 is 2.66 bits per heavy atom. The molecule has 0 radical (unpaired) electrons. The number of hydrogen-bond donors (Lipinski definition) is 1. The predicted molar refractivity (Wildman–Crippen MR) is 112 cm³/mol. The predicted octanol–water partition coefficient (Wildman–Crippen LogP) is 4.32. The van der Waals surface area contributed by atoms with Crippen LogP contribution in [0.5, 0.6) is 0 Å². The lowest BCUT2D eigenvalue weighted by Crippen LogP contribution is -2.35. The van der Waals surface area contributed by atoms with Gasteiger partial charge in [-0.2, -0.15) is 0 Å². The maximum Gasteiger partial charge on any atom is 0.261 e. The maximum atomic E-state index is 13.7. The summed E-state index contributed by atoms with van der Waals surface area (Å²) in [5, 5.41) is 2.78. The van der Waals surface area contributed by atoms with Crippen LogP contribution in [0.4, 0.5) is 4.39 Å². The normalized spacial score (nSPS) is 13.1. The van der Waals surface area contributed by atoms with E-state index in [4.69, 9.17) is 0 Å². The van der Waals surface area contributed by atoms with Crippen LogP contribution < -0.4 is 5.32 Å². The maximum absolute atomic E-state index is 13.7. The topological polar surface area (TPSA) is 49.4 Å². The molecule has 0 fully saturated rings. The molecule has 1 aromatic heterocycles. The van der Waals surface area contributed by atoms with Gasteiger partial charge in [-0.25, -0.2) is 4.39 Å². The second-order valence-corrected chi connectivity index (χ2v) is 8.31. The van der Waals surface area contributed by atoms with Crippen molar-refractivity contribution in [2.45, 2.75) is 26.4 Å². The molecule has 29 heavy (non-hydrogen) atoms. The fourth-order valence-corrected chi connectivity index (χ4v) is 4.48. The van der Waals surface area contributed by atoms with Crippen molar-refractivity contribution in [2.75, 3.05) is 6.54 Å². The molecule has 0 spiro atoms. The average Bonchev–Trinajstić information content (AvgIpc) is 3.16. The summed E-state index contributed by atoms with van der Waals surface area (Å²) < 4.78 is 13.7. The Balaban J connectivity index is 1.42. The average molecular weight is 408 g/mol. The van der Waals surface area contributed by atoms with Crippen LogP contribution in [0.15, 0.2) is 54.6 Å². The Labute approximate surface area is 173 Å². The second kappa shape index (κ2) is 8.17. The number of halogens is 1. The van der Waals surface area contributed by atoms with Gasteiger partial charge >= 0.3 is 0 Å². The lowest BCUT2D eigenvalue weighted by atomic mass is 10.1. The van der Waals surface area contributed by atoms with Crippen molar-refractivity contribution in [1.29, 1.82) is 0 Å². The fourth-order valence-electron chi connectivity index (χ4n) is 3.40. The first-order valence-electron chi connectivity index (χ1n) is 9.50. The van der Waals surface area contributed by atoms with E-state index in [-0.39, 0.29) is 24.2 Å². The number of benzene rings is 2. The first-order chi connectivity index (χ1) is 14.0. The van der Waals surface area contributed by atoms with Crippen LogP contribution in [-0.2, 0) is 19.5 Å². The Kier molecular flexibility index (Phi) is 5.45. The van der Waals surface area contributed by atoms with Crippen molar-refractivity contribution in [3.8, 4) is 0 Å². The van der Waals surface area contributed by atoms with Gasteiger partial charge in [0.2, 0.25) is 0 Å². The van der Waals surface area contributed by atoms with Gasteiger partial charge in [-0.15, -0.1) is 11.3 Å². The molecule has 0 saturated heterocycles. The van der Waals surface area contributed by atoms with Crippen LogP contribution in [0, 0.1) is 12.7 Å². The van der Waals surface area contributed by atoms with Crippen molar-refractivity contribution >= 4 is 23.2 Å². The zero-order valence-corrected chi connectivity index (χ0v) is 16.9. The SMILES string of the molecule is Cc1ccc(C(=O)N2CCc3sc(C(=O)NCc4ccccc4F)cc3C2)cc1. The number of amides is 2. The van der Waals surface area contributed by atoms with E-state index in [1.807, 2.05) is 42.2 Å². The summed E-state index contributed by atoms with van der Waals surface area (Å²) in [6.45, 7) is 3.27. The van der Waals surface area contributed by atoms with Gasteiger partial charge in [-0.1, -0.05) is 35.9 Å². The highest BCUT2D eigenvalue weighted by Crippen LogP contribution is 2.29. The van der Waals surface area contributed by atoms with Crippen LogP contribution in [0.25, 0.3) is 0 Å². The number of aryl methyl sites for hydroxylation is 1. The van der Waals surface area contributed by atoms with E-state index in [0.29, 0.717) is 29.1 Å². The van der Waals surface area contributed by atoms with E-state index in [0.717, 1.165) is 22.4 Å². The van der Waals surface area contributed by atoms with Crippen molar-refractivity contribution in [2.24, 2.45) is 0 Å². The summed E-state index contributed by atoms with van der Waals surface area (Å²) >= 11 is 1.45. The molecule has 4 nitrogen and oxygen atoms in total. The molecule has 2 amide bonds. The first kappa shape index (κ1) is 19.3. The summed E-state index contributed by atoms with van der Waals surface area (Å²) in [7, 11) is 0. The zero-order chi connectivity index (χ0) is 20.4. The molecule has 3 aromatic rings. The number of nitrogens with one attached hydrogen (secondary N) is 1. The lowest BCUT2D eigenvalue weighted by molar-refractivity contribution is 0.0736. The van der Waals surface area contributed by atoms with Gasteiger partial charge in [0.25, 0.3) is 11.8 Å². The van der Waals surface area contributed by atoms with E-state index >= 15 is 0 Å². The van der Waals surface area contributed by atoms with Gasteiger partial charge < -0.3 is 10.2 Å². The van der Waals surface area contributed by atoms with Crippen molar-refractivity contribution in [1.82, 2.24) is 10.2 Å². The molecule has 0 aliphatic carbocycles. The van der Waals surface area contributed by atoms with Crippen LogP contribution in [0.3, 0.4) is 0 Å². The second-order valence-electron chi connectivity index (χ2n) is 7.18. The number of carbonyl (C=O) groups excluding carboxylic acids is 2. The zero-order valence-electron chi connectivity index (χ0n) is 16.1. The van der Waals surface area contributed by atoms with E-state index in [9.17, 15) is 14.0 Å². The highest BCUT2D eigenvalue weighted by molar-refractivity contribution is 7.14. The third-order valence-electron chi connectivity index (χ3n) is 5.07. The quantitative estimate of drug-likeness (QED) is 0.699. The van der Waals surface area contributed by atoms with Gasteiger partial charge in [0, 0.05) is 35.6 Å². The third kappa shape index (κ3) is 4.22. The summed E-state index contributed by atoms with van der Waals surface area (Å²) in [6.07, 6.45) is 0.734. The van der Waals surface area contributed by atoms with Gasteiger partial charge in [0.15, 0.2) is 0 Å². The van der Waals surface area contributed by atoms with E-state index in [1.54, 1.807) is 18.2 Å². The Bertz CT molecular complexity index is 1060. The van der Waals surface area contributed by atoms with E-state index < -0.39 is 0 Å². The number of thiophene rings is 1. The van der Waals surface area contributed by atoms with Gasteiger partial charge in [-0.3, -0.25) is 9.59 Å². The minimum atomic E-state index is -0.330. The van der Waals surface area contributed by atoms with Gasteiger partial charge in [0.05, 0.1) is 4.88 Å². The molecule has 1 N–H and O–H groups in total. The van der Waals surface area contributed by atoms with Gasteiger partial charge in [-0.05, 0) is 43.2 Å². The molecule has 2 heterocycles. The van der Waals surface area contributed by atoms with Crippen LogP contribution in [0.2, 0.25) is 0 Å². The fraction of sp³-hybridized carbons (Fsp3) is 0.217. The van der Waals surface area contributed by atoms with Crippen molar-refractivity contribution < 1.29 is 14.0 Å². The molecule has 0 atom stereocenters.